The molecule has 6 rings (SSSR count). The number of imide groups is 1. The van der Waals surface area contributed by atoms with Gasteiger partial charge in [-0.05, 0) is 74.6 Å². The molecule has 2 atom stereocenters. The summed E-state index contributed by atoms with van der Waals surface area (Å²) >= 11 is 0. The minimum Gasteiger partial charge on any atom is -0.493 e. The minimum atomic E-state index is -3.86. The van der Waals surface area contributed by atoms with Crippen molar-refractivity contribution in [3.63, 3.8) is 0 Å². The highest BCUT2D eigenvalue weighted by atomic mass is 32.2. The van der Waals surface area contributed by atoms with Crippen LogP contribution in [0.25, 0.3) is 0 Å². The number of fused-ring (bicyclic) bond motifs is 1. The molecule has 3 heterocycles. The van der Waals surface area contributed by atoms with Crippen molar-refractivity contribution in [3.8, 4) is 11.5 Å². The van der Waals surface area contributed by atoms with Crippen LogP contribution in [0.1, 0.15) is 74.9 Å². The zero-order valence-corrected chi connectivity index (χ0v) is 29.8. The molecule has 3 aromatic carbocycles. The average molecular weight is 702 g/mol. The van der Waals surface area contributed by atoms with Crippen LogP contribution in [0.2, 0.25) is 0 Å². The lowest BCUT2D eigenvalue weighted by atomic mass is 9.99. The first-order valence-electron chi connectivity index (χ1n) is 16.7. The summed E-state index contributed by atoms with van der Waals surface area (Å²) in [7, 11) is -0.802. The molecular formula is C37H43N5O7S. The number of hydrogen-bond acceptors (Lipinski definition) is 10. The molecular weight excluding hydrogens is 659 g/mol. The van der Waals surface area contributed by atoms with Crippen LogP contribution < -0.4 is 19.1 Å². The van der Waals surface area contributed by atoms with Gasteiger partial charge in [0.1, 0.15) is 16.9 Å². The highest BCUT2D eigenvalue weighted by molar-refractivity contribution is 7.89. The summed E-state index contributed by atoms with van der Waals surface area (Å²) < 4.78 is 44.2. The van der Waals surface area contributed by atoms with Gasteiger partial charge < -0.3 is 18.9 Å². The number of carbonyl (C=O) groups excluding carboxylic acids is 2. The van der Waals surface area contributed by atoms with Crippen molar-refractivity contribution in [3.05, 3.63) is 100 Å². The van der Waals surface area contributed by atoms with Gasteiger partial charge in [-0.1, -0.05) is 41.6 Å². The maximum absolute atomic E-state index is 14.5. The third kappa shape index (κ3) is 6.85. The maximum atomic E-state index is 14.5. The number of benzene rings is 3. The number of sulfonamides is 1. The molecule has 0 unspecified atom stereocenters. The van der Waals surface area contributed by atoms with Crippen molar-refractivity contribution >= 4 is 27.5 Å². The zero-order valence-electron chi connectivity index (χ0n) is 29.0. The predicted molar refractivity (Wildman–Crippen MR) is 188 cm³/mol. The van der Waals surface area contributed by atoms with Gasteiger partial charge in [0.05, 0.1) is 37.1 Å². The van der Waals surface area contributed by atoms with Gasteiger partial charge in [-0.25, -0.2) is 13.1 Å². The van der Waals surface area contributed by atoms with Crippen LogP contribution in [0.4, 0.5) is 5.69 Å². The summed E-state index contributed by atoms with van der Waals surface area (Å²) in [4.78, 5) is 34.7. The van der Waals surface area contributed by atoms with Crippen molar-refractivity contribution in [1.29, 1.82) is 0 Å². The molecule has 0 aliphatic carbocycles. The van der Waals surface area contributed by atoms with Crippen LogP contribution in [-0.4, -0.2) is 82.1 Å². The van der Waals surface area contributed by atoms with Gasteiger partial charge in [0.15, 0.2) is 11.5 Å². The fourth-order valence-corrected chi connectivity index (χ4v) is 8.12. The van der Waals surface area contributed by atoms with Crippen molar-refractivity contribution < 1.29 is 32.0 Å². The van der Waals surface area contributed by atoms with Crippen molar-refractivity contribution in [2.24, 2.45) is 0 Å². The molecule has 0 radical (unpaired) electrons. The molecule has 13 heteroatoms. The third-order valence-electron chi connectivity index (χ3n) is 9.67. The molecule has 1 aromatic heterocycles. The number of nitrogens with one attached hydrogen (secondary N) is 1. The molecule has 264 valence electrons. The van der Waals surface area contributed by atoms with E-state index in [-0.39, 0.29) is 41.4 Å². The Hall–Kier alpha value is -4.72. The predicted octanol–water partition coefficient (Wildman–Crippen LogP) is 5.29. The Morgan fingerprint density at radius 2 is 1.62 bits per heavy atom. The first-order valence-corrected chi connectivity index (χ1v) is 18.2. The number of ether oxygens (including phenoxy) is 2. The Kier molecular flexibility index (Phi) is 10.3. The molecule has 0 spiro atoms. The number of aromatic nitrogens is 1. The monoisotopic (exact) mass is 701 g/mol. The number of piperazine rings is 1. The highest BCUT2D eigenvalue weighted by Gasteiger charge is 2.43. The van der Waals surface area contributed by atoms with Gasteiger partial charge in [-0.3, -0.25) is 19.4 Å². The van der Waals surface area contributed by atoms with Crippen LogP contribution in [0, 0.1) is 13.8 Å². The van der Waals surface area contributed by atoms with Gasteiger partial charge in [0, 0.05) is 38.8 Å². The number of rotatable bonds is 13. The summed E-state index contributed by atoms with van der Waals surface area (Å²) in [5.74, 6) is 0.203. The van der Waals surface area contributed by atoms with Gasteiger partial charge in [-0.2, -0.15) is 0 Å². The fourth-order valence-electron chi connectivity index (χ4n) is 6.95. The number of anilines is 1. The molecule has 12 nitrogen and oxygen atoms in total. The van der Waals surface area contributed by atoms with E-state index in [0.29, 0.717) is 47.7 Å². The van der Waals surface area contributed by atoms with E-state index in [2.05, 4.69) is 50.9 Å². The van der Waals surface area contributed by atoms with E-state index < -0.39 is 16.1 Å². The van der Waals surface area contributed by atoms with E-state index in [1.165, 1.54) is 24.7 Å². The second-order valence-electron chi connectivity index (χ2n) is 12.7. The summed E-state index contributed by atoms with van der Waals surface area (Å²) in [6.45, 7) is 8.80. The van der Waals surface area contributed by atoms with Crippen molar-refractivity contribution in [2.75, 3.05) is 51.8 Å². The second-order valence-corrected chi connectivity index (χ2v) is 14.5. The van der Waals surface area contributed by atoms with E-state index in [0.717, 1.165) is 30.6 Å². The smallest absolute Gasteiger partial charge is 0.264 e. The number of amides is 2. The summed E-state index contributed by atoms with van der Waals surface area (Å²) in [5.41, 5.74) is 4.61. The molecule has 50 heavy (non-hydrogen) atoms. The normalized spacial score (nSPS) is 16.4. The van der Waals surface area contributed by atoms with E-state index in [9.17, 15) is 18.0 Å². The Labute approximate surface area is 293 Å². The minimum absolute atomic E-state index is 0.0347. The van der Waals surface area contributed by atoms with E-state index in [1.807, 2.05) is 19.1 Å². The molecule has 0 bridgehead atoms. The lowest BCUT2D eigenvalue weighted by molar-refractivity contribution is 0.0572. The van der Waals surface area contributed by atoms with Crippen molar-refractivity contribution in [2.45, 2.75) is 50.6 Å². The molecule has 0 saturated carbocycles. The van der Waals surface area contributed by atoms with Crippen LogP contribution in [-0.2, 0) is 10.0 Å². The average Bonchev–Trinajstić information content (AvgIpc) is 3.68. The van der Waals surface area contributed by atoms with Gasteiger partial charge in [0.2, 0.25) is 10.0 Å². The molecule has 2 amide bonds. The number of methoxy groups -OCH3 is 2. The van der Waals surface area contributed by atoms with Crippen LogP contribution in [0.15, 0.2) is 76.3 Å². The lowest BCUT2D eigenvalue weighted by Gasteiger charge is -2.40. The Balaban J connectivity index is 1.26. The topological polar surface area (TPSA) is 135 Å². The van der Waals surface area contributed by atoms with Gasteiger partial charge in [-0.15, -0.1) is 0 Å². The van der Waals surface area contributed by atoms with Crippen molar-refractivity contribution in [1.82, 2.24) is 19.7 Å². The molecule has 4 aromatic rings. The third-order valence-corrected chi connectivity index (χ3v) is 11.2. The number of carbonyl (C=O) groups is 2. The SMILES string of the molecule is COc1ccc([C@@H](CCCNS(=O)(=O)c2conc2C)N2C(=O)c3cc(C)cc(N4CCN([C@H](C)c5ccccc5)CC4)c3C2=O)cc1OC. The van der Waals surface area contributed by atoms with Gasteiger partial charge >= 0.3 is 0 Å². The second kappa shape index (κ2) is 14.6. The van der Waals surface area contributed by atoms with E-state index in [1.54, 1.807) is 31.2 Å². The first-order chi connectivity index (χ1) is 24.0. The standard InChI is InChI=1S/C37H43N5O7S/c1-24-20-29-35(31(21-24)41-18-16-40(17-19-41)26(3)27-10-7-6-8-11-27)37(44)42(36(29)43)30(28-13-14-32(47-4)33(22-28)48-5)12-9-15-38-50(45,46)34-23-49-39-25(34)2/h6-8,10-11,13-14,20-23,26,30,38H,9,12,15-19H2,1-5H3/t26-,30-/m1/s1. The highest BCUT2D eigenvalue weighted by Crippen LogP contribution is 2.41. The number of aryl methyl sites for hydroxylation is 2. The van der Waals surface area contributed by atoms with Crippen LogP contribution in [0.3, 0.4) is 0 Å². The summed E-state index contributed by atoms with van der Waals surface area (Å²) in [5, 5.41) is 3.67. The van der Waals surface area contributed by atoms with Crippen LogP contribution >= 0.6 is 0 Å². The molecule has 2 aliphatic heterocycles. The van der Waals surface area contributed by atoms with E-state index >= 15 is 0 Å². The Morgan fingerprint density at radius 3 is 2.28 bits per heavy atom. The first kappa shape index (κ1) is 35.1. The molecule has 1 fully saturated rings. The molecule has 1 N–H and O–H groups in total. The number of nitrogens with zero attached hydrogens (tertiary/aromatic N) is 4. The maximum Gasteiger partial charge on any atom is 0.264 e. The van der Waals surface area contributed by atoms with Crippen LogP contribution in [0.5, 0.6) is 11.5 Å². The summed E-state index contributed by atoms with van der Waals surface area (Å²) in [6, 6.07) is 19.1. The molecule has 2 aliphatic rings. The fraction of sp³-hybridized carbons (Fsp3) is 0.378. The van der Waals surface area contributed by atoms with E-state index in [4.69, 9.17) is 14.0 Å². The zero-order chi connectivity index (χ0) is 35.6. The Morgan fingerprint density at radius 1 is 0.900 bits per heavy atom. The molecule has 1 saturated heterocycles. The summed E-state index contributed by atoms with van der Waals surface area (Å²) in [6.07, 6.45) is 1.70. The lowest BCUT2D eigenvalue weighted by Crippen LogP contribution is -2.47. The Bertz CT molecular complexity index is 1970. The quantitative estimate of drug-likeness (QED) is 0.145. The van der Waals surface area contributed by atoms with Gasteiger partial charge in [0.25, 0.3) is 11.8 Å². The largest absolute Gasteiger partial charge is 0.493 e. The number of hydrogen-bond donors (Lipinski definition) is 1.